The van der Waals surface area contributed by atoms with Crippen molar-refractivity contribution in [1.29, 1.82) is 0 Å². The predicted molar refractivity (Wildman–Crippen MR) is 94.4 cm³/mol. The van der Waals surface area contributed by atoms with E-state index in [4.69, 9.17) is 16.3 Å². The van der Waals surface area contributed by atoms with Crippen molar-refractivity contribution >= 4 is 29.3 Å². The number of carbonyl (C=O) groups excluding carboxylic acids is 1. The molecule has 122 valence electrons. The minimum absolute atomic E-state index is 0.312. The van der Waals surface area contributed by atoms with Gasteiger partial charge in [-0.05, 0) is 29.3 Å². The third kappa shape index (κ3) is 2.10. The smallest absolute Gasteiger partial charge is 0.331 e. The maximum Gasteiger partial charge on any atom is 0.331 e. The lowest BCUT2D eigenvalue weighted by atomic mass is 9.88. The zero-order chi connectivity index (χ0) is 16.7. The number of nitrogens with zero attached hydrogens (tertiary/aromatic N) is 2. The summed E-state index contributed by atoms with van der Waals surface area (Å²) in [6.07, 6.45) is 4.02. The maximum atomic E-state index is 12.5. The van der Waals surface area contributed by atoms with Gasteiger partial charge in [0.15, 0.2) is 4.87 Å². The highest BCUT2D eigenvalue weighted by atomic mass is 35.5. The molecule has 0 saturated carbocycles. The van der Waals surface area contributed by atoms with Crippen LogP contribution in [0.2, 0.25) is 0 Å². The number of hydrogen-bond acceptors (Lipinski definition) is 4. The van der Waals surface area contributed by atoms with Crippen LogP contribution in [0.1, 0.15) is 17.2 Å². The number of esters is 1. The van der Waals surface area contributed by atoms with Crippen molar-refractivity contribution in [2.75, 3.05) is 18.7 Å². The molecule has 2 aromatic carbocycles. The highest BCUT2D eigenvalue weighted by Crippen LogP contribution is 2.49. The minimum atomic E-state index is -1.18. The predicted octanol–water partition coefficient (Wildman–Crippen LogP) is 3.60. The third-order valence-corrected chi connectivity index (χ3v) is 5.11. The fraction of sp³-hybridized carbons (Fsp3) is 0.211. The largest absolute Gasteiger partial charge is 0.468 e. The number of fused-ring (bicyclic) bond motifs is 3. The summed E-state index contributed by atoms with van der Waals surface area (Å²) in [5.41, 5.74) is 3.08. The average molecular weight is 341 g/mol. The summed E-state index contributed by atoms with van der Waals surface area (Å²) in [4.78, 5) is 11.4. The quantitative estimate of drug-likeness (QED) is 0.617. The van der Waals surface area contributed by atoms with Gasteiger partial charge in [0.05, 0.1) is 19.3 Å². The number of anilines is 1. The Balaban J connectivity index is 1.86. The fourth-order valence-electron chi connectivity index (χ4n) is 3.53. The second kappa shape index (κ2) is 5.56. The van der Waals surface area contributed by atoms with Gasteiger partial charge in [-0.25, -0.2) is 4.79 Å². The Labute approximate surface area is 145 Å². The van der Waals surface area contributed by atoms with Crippen molar-refractivity contribution in [3.8, 4) is 0 Å². The molecule has 0 spiro atoms. The molecule has 0 bridgehead atoms. The Kier molecular flexibility index (Phi) is 3.50. The van der Waals surface area contributed by atoms with Crippen LogP contribution in [0.15, 0.2) is 60.8 Å². The number of methoxy groups -OCH3 is 1. The van der Waals surface area contributed by atoms with Crippen LogP contribution in [0, 0.1) is 0 Å². The van der Waals surface area contributed by atoms with Crippen LogP contribution < -0.4 is 5.01 Å². The Hall–Kier alpha value is -2.46. The van der Waals surface area contributed by atoms with E-state index in [1.54, 1.807) is 0 Å². The number of halogens is 1. The first kappa shape index (κ1) is 15.1. The molecule has 2 aliphatic rings. The lowest BCUT2D eigenvalue weighted by Crippen LogP contribution is -2.42. The number of rotatable bonds is 2. The number of ether oxygens (including phenoxy) is 1. The van der Waals surface area contributed by atoms with Gasteiger partial charge in [-0.1, -0.05) is 42.5 Å². The van der Waals surface area contributed by atoms with Crippen molar-refractivity contribution in [3.05, 3.63) is 71.9 Å². The normalized spacial score (nSPS) is 24.5. The molecule has 2 heterocycles. The molecule has 0 aliphatic carbocycles. The Bertz CT molecular complexity index is 808. The molecule has 0 aromatic heterocycles. The topological polar surface area (TPSA) is 32.8 Å². The second-order valence-corrected chi connectivity index (χ2v) is 6.65. The number of hydrogen-bond donors (Lipinski definition) is 0. The molecule has 0 amide bonds. The molecule has 1 fully saturated rings. The van der Waals surface area contributed by atoms with E-state index < -0.39 is 10.8 Å². The third-order valence-electron chi connectivity index (χ3n) is 4.63. The van der Waals surface area contributed by atoms with Crippen molar-refractivity contribution < 1.29 is 9.53 Å². The number of hydrazine groups is 1. The van der Waals surface area contributed by atoms with Crippen molar-refractivity contribution in [2.45, 2.75) is 10.9 Å². The van der Waals surface area contributed by atoms with Crippen LogP contribution >= 0.6 is 11.6 Å². The van der Waals surface area contributed by atoms with E-state index in [-0.39, 0.29) is 6.04 Å². The van der Waals surface area contributed by atoms with Crippen molar-refractivity contribution in [2.24, 2.45) is 0 Å². The summed E-state index contributed by atoms with van der Waals surface area (Å²) in [6, 6.07) is 17.6. The molecule has 4 nitrogen and oxygen atoms in total. The summed E-state index contributed by atoms with van der Waals surface area (Å²) in [6.45, 7) is 0.342. The van der Waals surface area contributed by atoms with Crippen LogP contribution in [0.5, 0.6) is 0 Å². The average Bonchev–Trinajstić information content (AvgIpc) is 2.96. The Morgan fingerprint density at radius 2 is 1.88 bits per heavy atom. The van der Waals surface area contributed by atoms with Gasteiger partial charge in [-0.15, -0.1) is 11.6 Å². The first-order chi connectivity index (χ1) is 11.6. The van der Waals surface area contributed by atoms with E-state index in [2.05, 4.69) is 0 Å². The number of benzene rings is 2. The van der Waals surface area contributed by atoms with Gasteiger partial charge < -0.3 is 4.74 Å². The van der Waals surface area contributed by atoms with E-state index >= 15 is 0 Å². The molecule has 4 rings (SSSR count). The van der Waals surface area contributed by atoms with Crippen LogP contribution in [0.4, 0.5) is 5.69 Å². The molecular formula is C19H17ClN2O2. The molecule has 0 N–H and O–H groups in total. The van der Waals surface area contributed by atoms with Crippen LogP contribution in [-0.2, 0) is 9.53 Å². The number of carbonyl (C=O) groups is 1. The van der Waals surface area contributed by atoms with E-state index in [9.17, 15) is 4.79 Å². The first-order valence-electron chi connectivity index (χ1n) is 7.80. The number of alkyl halides is 1. The Morgan fingerprint density at radius 3 is 2.62 bits per heavy atom. The van der Waals surface area contributed by atoms with Crippen LogP contribution in [0.25, 0.3) is 6.08 Å². The summed E-state index contributed by atoms with van der Waals surface area (Å²) in [5.74, 6) is -0.414. The van der Waals surface area contributed by atoms with E-state index in [1.165, 1.54) is 7.11 Å². The van der Waals surface area contributed by atoms with Gasteiger partial charge in [0.2, 0.25) is 0 Å². The van der Waals surface area contributed by atoms with Gasteiger partial charge in [0.1, 0.15) is 6.04 Å². The highest BCUT2D eigenvalue weighted by molar-refractivity contribution is 6.35. The molecule has 2 atom stereocenters. The minimum Gasteiger partial charge on any atom is -0.468 e. The lowest BCUT2D eigenvalue weighted by Gasteiger charge is -2.36. The molecule has 2 aliphatic heterocycles. The van der Waals surface area contributed by atoms with Gasteiger partial charge in [0, 0.05) is 6.20 Å². The molecule has 2 aromatic rings. The van der Waals surface area contributed by atoms with Gasteiger partial charge in [0.25, 0.3) is 0 Å². The van der Waals surface area contributed by atoms with Gasteiger partial charge >= 0.3 is 5.97 Å². The van der Waals surface area contributed by atoms with Crippen LogP contribution in [-0.4, -0.2) is 29.5 Å². The standard InChI is InChI=1S/C19H17ClN2O2/c1-24-18(23)19(20)13-22(15-8-3-2-4-9-15)21-12-11-14-7-5-6-10-16(14)17(19)21/h2-12,17H,13H2,1H3/t17?,19-/m0/s1. The maximum absolute atomic E-state index is 12.5. The first-order valence-corrected chi connectivity index (χ1v) is 8.18. The van der Waals surface area contributed by atoms with Gasteiger partial charge in [-0.3, -0.25) is 10.0 Å². The summed E-state index contributed by atoms with van der Waals surface area (Å²) in [5, 5.41) is 4.06. The summed E-state index contributed by atoms with van der Waals surface area (Å²) in [7, 11) is 1.38. The zero-order valence-electron chi connectivity index (χ0n) is 13.2. The van der Waals surface area contributed by atoms with E-state index in [0.717, 1.165) is 16.8 Å². The summed E-state index contributed by atoms with van der Waals surface area (Å²) < 4.78 is 5.04. The molecule has 0 radical (unpaired) electrons. The molecule has 1 saturated heterocycles. The molecular weight excluding hydrogens is 324 g/mol. The van der Waals surface area contributed by atoms with Crippen LogP contribution in [0.3, 0.4) is 0 Å². The monoisotopic (exact) mass is 340 g/mol. The molecule has 1 unspecified atom stereocenters. The second-order valence-electron chi connectivity index (χ2n) is 5.97. The molecule has 5 heteroatoms. The lowest BCUT2D eigenvalue weighted by molar-refractivity contribution is -0.144. The van der Waals surface area contributed by atoms with Crippen molar-refractivity contribution in [3.63, 3.8) is 0 Å². The highest BCUT2D eigenvalue weighted by Gasteiger charge is 2.57. The SMILES string of the molecule is COC(=O)[C@]1(Cl)CN(c2ccccc2)N2C=Cc3ccccc3C21. The zero-order valence-corrected chi connectivity index (χ0v) is 14.0. The van der Waals surface area contributed by atoms with E-state index in [0.29, 0.717) is 6.54 Å². The number of para-hydroxylation sites is 1. The molecule has 24 heavy (non-hydrogen) atoms. The Morgan fingerprint density at radius 1 is 1.17 bits per heavy atom. The fourth-order valence-corrected chi connectivity index (χ4v) is 3.94. The van der Waals surface area contributed by atoms with Gasteiger partial charge in [-0.2, -0.15) is 0 Å². The van der Waals surface area contributed by atoms with Crippen molar-refractivity contribution in [1.82, 2.24) is 5.01 Å². The summed E-state index contributed by atoms with van der Waals surface area (Å²) >= 11 is 6.88. The van der Waals surface area contributed by atoms with E-state index in [1.807, 2.05) is 76.9 Å².